The number of carbonyl (C=O) groups is 1. The summed E-state index contributed by atoms with van der Waals surface area (Å²) < 4.78 is 0.781. The molecule has 0 radical (unpaired) electrons. The fraction of sp³-hybridized carbons (Fsp3) is 0.250. The largest absolute Gasteiger partial charge is 0.346 e. The number of aromatic nitrogens is 2. The van der Waals surface area contributed by atoms with Crippen LogP contribution >= 0.6 is 34.7 Å². The molecule has 4 nitrogen and oxygen atoms in total. The number of thioether (sulfide) groups is 1. The molecule has 2 N–H and O–H groups in total. The van der Waals surface area contributed by atoms with Gasteiger partial charge in [0.2, 0.25) is 5.91 Å². The molecular formula is C16H16ClN3OS2. The van der Waals surface area contributed by atoms with Gasteiger partial charge in [-0.1, -0.05) is 23.7 Å². The van der Waals surface area contributed by atoms with Crippen molar-refractivity contribution < 1.29 is 4.79 Å². The highest BCUT2D eigenvalue weighted by Gasteiger charge is 2.13. The third-order valence-electron chi connectivity index (χ3n) is 3.30. The fourth-order valence-corrected chi connectivity index (χ4v) is 4.24. The summed E-state index contributed by atoms with van der Waals surface area (Å²) in [6, 6.07) is 11.6. The first kappa shape index (κ1) is 16.4. The van der Waals surface area contributed by atoms with Crippen molar-refractivity contribution >= 4 is 51.6 Å². The molecule has 2 aromatic heterocycles. The van der Waals surface area contributed by atoms with E-state index in [0.29, 0.717) is 5.75 Å². The number of thiophene rings is 1. The number of H-pyrrole nitrogens is 1. The van der Waals surface area contributed by atoms with Crippen molar-refractivity contribution in [2.45, 2.75) is 18.7 Å². The number of hydrogen-bond donors (Lipinski definition) is 2. The normalized spacial score (nSPS) is 12.4. The third kappa shape index (κ3) is 4.28. The summed E-state index contributed by atoms with van der Waals surface area (Å²) >= 11 is 9.02. The van der Waals surface area contributed by atoms with E-state index in [1.165, 1.54) is 4.88 Å². The molecule has 7 heteroatoms. The Labute approximate surface area is 147 Å². The predicted octanol–water partition coefficient (Wildman–Crippen LogP) is 4.39. The van der Waals surface area contributed by atoms with Crippen LogP contribution in [0.2, 0.25) is 4.34 Å². The fourth-order valence-electron chi connectivity index (χ4n) is 2.20. The molecule has 2 heterocycles. The lowest BCUT2D eigenvalue weighted by Gasteiger charge is -2.11. The van der Waals surface area contributed by atoms with Crippen molar-refractivity contribution in [1.82, 2.24) is 15.3 Å². The molecule has 3 aromatic rings. The van der Waals surface area contributed by atoms with Crippen LogP contribution in [0.15, 0.2) is 36.4 Å². The molecule has 0 aliphatic carbocycles. The molecule has 0 fully saturated rings. The number of carbonyl (C=O) groups excluding carboxylic acids is 1. The van der Waals surface area contributed by atoms with Crippen LogP contribution in [0.1, 0.15) is 23.7 Å². The van der Waals surface area contributed by atoms with Gasteiger partial charge in [-0.3, -0.25) is 4.79 Å². The first-order valence-electron chi connectivity index (χ1n) is 7.18. The summed E-state index contributed by atoms with van der Waals surface area (Å²) in [6.07, 6.45) is 0. The summed E-state index contributed by atoms with van der Waals surface area (Å²) in [5.41, 5.74) is 1.89. The average Bonchev–Trinajstić information content (AvgIpc) is 3.13. The maximum absolute atomic E-state index is 12.0. The van der Waals surface area contributed by atoms with Gasteiger partial charge in [0.15, 0.2) is 0 Å². The van der Waals surface area contributed by atoms with Crippen LogP contribution < -0.4 is 5.32 Å². The van der Waals surface area contributed by atoms with Gasteiger partial charge in [0.05, 0.1) is 27.2 Å². The van der Waals surface area contributed by atoms with Gasteiger partial charge in [0.25, 0.3) is 0 Å². The van der Waals surface area contributed by atoms with Crippen molar-refractivity contribution in [2.24, 2.45) is 0 Å². The van der Waals surface area contributed by atoms with Crippen molar-refractivity contribution in [3.8, 4) is 0 Å². The minimum absolute atomic E-state index is 0.00519. The SMILES string of the molecule is CC(NC(=O)CSCc1ccc(Cl)s1)c1nc2ccccc2[nH]1. The van der Waals surface area contributed by atoms with E-state index in [2.05, 4.69) is 15.3 Å². The van der Waals surface area contributed by atoms with Gasteiger partial charge in [0, 0.05) is 10.6 Å². The lowest BCUT2D eigenvalue weighted by Crippen LogP contribution is -2.28. The number of nitrogens with zero attached hydrogens (tertiary/aromatic N) is 1. The first-order valence-corrected chi connectivity index (χ1v) is 9.52. The second-order valence-electron chi connectivity index (χ2n) is 5.13. The number of benzene rings is 1. The molecule has 0 saturated heterocycles. The van der Waals surface area contributed by atoms with Gasteiger partial charge >= 0.3 is 0 Å². The molecule has 3 rings (SSSR count). The van der Waals surface area contributed by atoms with Gasteiger partial charge in [0.1, 0.15) is 5.82 Å². The van der Waals surface area contributed by atoms with Crippen LogP contribution in [0.3, 0.4) is 0 Å². The van der Waals surface area contributed by atoms with Crippen LogP contribution in [0.5, 0.6) is 0 Å². The van der Waals surface area contributed by atoms with E-state index in [4.69, 9.17) is 11.6 Å². The van der Waals surface area contributed by atoms with Crippen LogP contribution in [-0.2, 0) is 10.5 Å². The number of imidazole rings is 1. The van der Waals surface area contributed by atoms with Gasteiger partial charge in [-0.05, 0) is 31.2 Å². The predicted molar refractivity (Wildman–Crippen MR) is 98.1 cm³/mol. The maximum atomic E-state index is 12.0. The number of para-hydroxylation sites is 2. The summed E-state index contributed by atoms with van der Waals surface area (Å²) in [7, 11) is 0. The first-order chi connectivity index (χ1) is 11.1. The minimum Gasteiger partial charge on any atom is -0.346 e. The number of rotatable bonds is 6. The lowest BCUT2D eigenvalue weighted by atomic mass is 10.3. The Morgan fingerprint density at radius 3 is 2.96 bits per heavy atom. The van der Waals surface area contributed by atoms with Crippen LogP contribution in [0, 0.1) is 0 Å². The molecule has 1 atom stereocenters. The quantitative estimate of drug-likeness (QED) is 0.681. The minimum atomic E-state index is -0.147. The summed E-state index contributed by atoms with van der Waals surface area (Å²) in [6.45, 7) is 1.93. The average molecular weight is 366 g/mol. The number of halogens is 1. The second kappa shape index (κ2) is 7.38. The highest BCUT2D eigenvalue weighted by Crippen LogP contribution is 2.25. The Morgan fingerprint density at radius 1 is 1.39 bits per heavy atom. The van der Waals surface area contributed by atoms with Gasteiger partial charge in [-0.2, -0.15) is 0 Å². The number of hydrogen-bond acceptors (Lipinski definition) is 4. The summed E-state index contributed by atoms with van der Waals surface area (Å²) in [5, 5.41) is 2.97. The van der Waals surface area contributed by atoms with E-state index in [1.807, 2.05) is 43.3 Å². The lowest BCUT2D eigenvalue weighted by molar-refractivity contribution is -0.119. The van der Waals surface area contributed by atoms with Crippen LogP contribution in [0.4, 0.5) is 0 Å². The highest BCUT2D eigenvalue weighted by atomic mass is 35.5. The highest BCUT2D eigenvalue weighted by molar-refractivity contribution is 7.99. The maximum Gasteiger partial charge on any atom is 0.230 e. The Balaban J connectivity index is 1.50. The molecular weight excluding hydrogens is 350 g/mol. The van der Waals surface area contributed by atoms with E-state index >= 15 is 0 Å². The van der Waals surface area contributed by atoms with Crippen molar-refractivity contribution in [2.75, 3.05) is 5.75 Å². The molecule has 0 aliphatic heterocycles. The Bertz CT molecular complexity index is 781. The molecule has 0 aliphatic rings. The van der Waals surface area contributed by atoms with E-state index in [9.17, 15) is 4.79 Å². The van der Waals surface area contributed by atoms with Crippen LogP contribution in [0.25, 0.3) is 11.0 Å². The molecule has 0 bridgehead atoms. The standard InChI is InChI=1S/C16H16ClN3OS2/c1-10(16-19-12-4-2-3-5-13(12)20-16)18-15(21)9-22-8-11-6-7-14(17)23-11/h2-7,10H,8-9H2,1H3,(H,18,21)(H,19,20). The Morgan fingerprint density at radius 2 is 2.22 bits per heavy atom. The van der Waals surface area contributed by atoms with Gasteiger partial charge in [-0.15, -0.1) is 23.1 Å². The van der Waals surface area contributed by atoms with Crippen molar-refractivity contribution in [1.29, 1.82) is 0 Å². The van der Waals surface area contributed by atoms with E-state index in [1.54, 1.807) is 23.1 Å². The van der Waals surface area contributed by atoms with Crippen LogP contribution in [-0.4, -0.2) is 21.6 Å². The van der Waals surface area contributed by atoms with Gasteiger partial charge in [-0.25, -0.2) is 4.98 Å². The number of fused-ring (bicyclic) bond motifs is 1. The van der Waals surface area contributed by atoms with Crippen molar-refractivity contribution in [3.05, 3.63) is 51.4 Å². The molecule has 23 heavy (non-hydrogen) atoms. The molecule has 1 aromatic carbocycles. The van der Waals surface area contributed by atoms with Crippen molar-refractivity contribution in [3.63, 3.8) is 0 Å². The zero-order valence-corrected chi connectivity index (χ0v) is 14.9. The number of amides is 1. The zero-order valence-electron chi connectivity index (χ0n) is 12.5. The van der Waals surface area contributed by atoms with E-state index < -0.39 is 0 Å². The molecule has 120 valence electrons. The molecule has 0 spiro atoms. The molecule has 1 unspecified atom stereocenters. The molecule has 1 amide bonds. The summed E-state index contributed by atoms with van der Waals surface area (Å²) in [5.74, 6) is 1.99. The van der Waals surface area contributed by atoms with Gasteiger partial charge < -0.3 is 10.3 Å². The second-order valence-corrected chi connectivity index (χ2v) is 7.91. The number of nitrogens with one attached hydrogen (secondary N) is 2. The monoisotopic (exact) mass is 365 g/mol. The third-order valence-corrected chi connectivity index (χ3v) is 5.70. The van der Waals surface area contributed by atoms with E-state index in [-0.39, 0.29) is 11.9 Å². The Kier molecular flexibility index (Phi) is 5.25. The zero-order chi connectivity index (χ0) is 16.2. The van der Waals surface area contributed by atoms with E-state index in [0.717, 1.165) is 26.9 Å². The number of aromatic amines is 1. The summed E-state index contributed by atoms with van der Waals surface area (Å²) in [4.78, 5) is 21.0. The Hall–Kier alpha value is -1.50. The smallest absolute Gasteiger partial charge is 0.230 e. The molecule has 0 saturated carbocycles. The topological polar surface area (TPSA) is 57.8 Å².